The number of halogens is 1. The summed E-state index contributed by atoms with van der Waals surface area (Å²) in [5.74, 6) is 0.216. The van der Waals surface area contributed by atoms with Gasteiger partial charge in [0.15, 0.2) is 0 Å². The van der Waals surface area contributed by atoms with Gasteiger partial charge in [0.2, 0.25) is 0 Å². The van der Waals surface area contributed by atoms with Crippen molar-refractivity contribution in [3.05, 3.63) is 42.2 Å². The zero-order chi connectivity index (χ0) is 11.4. The van der Waals surface area contributed by atoms with Crippen molar-refractivity contribution in [2.45, 2.75) is 0 Å². The van der Waals surface area contributed by atoms with Crippen molar-refractivity contribution >= 4 is 28.3 Å². The number of hydrogen-bond donors (Lipinski definition) is 1. The van der Waals surface area contributed by atoms with Crippen LogP contribution in [0.2, 0.25) is 0 Å². The maximum absolute atomic E-state index is 11.8. The summed E-state index contributed by atoms with van der Waals surface area (Å²) >= 11 is 5.52. The molecular formula is C12H11ClN2O. The van der Waals surface area contributed by atoms with Crippen molar-refractivity contribution in [3.63, 3.8) is 0 Å². The Morgan fingerprint density at radius 1 is 1.31 bits per heavy atom. The second-order valence-corrected chi connectivity index (χ2v) is 3.70. The van der Waals surface area contributed by atoms with Gasteiger partial charge in [-0.2, -0.15) is 0 Å². The molecule has 1 heterocycles. The maximum atomic E-state index is 11.8. The Morgan fingerprint density at radius 2 is 2.12 bits per heavy atom. The van der Waals surface area contributed by atoms with E-state index in [0.717, 1.165) is 10.8 Å². The summed E-state index contributed by atoms with van der Waals surface area (Å²) < 4.78 is 0. The van der Waals surface area contributed by atoms with Crippen LogP contribution < -0.4 is 5.32 Å². The lowest BCUT2D eigenvalue weighted by molar-refractivity contribution is 0.0953. The number of fused-ring (bicyclic) bond motifs is 1. The molecule has 2 aromatic rings. The van der Waals surface area contributed by atoms with Crippen molar-refractivity contribution in [2.75, 3.05) is 12.4 Å². The maximum Gasteiger partial charge on any atom is 0.270 e. The highest BCUT2D eigenvalue weighted by molar-refractivity contribution is 6.18. The van der Waals surface area contributed by atoms with Crippen molar-refractivity contribution in [3.8, 4) is 0 Å². The Bertz CT molecular complexity index is 508. The zero-order valence-electron chi connectivity index (χ0n) is 8.61. The van der Waals surface area contributed by atoms with Crippen LogP contribution in [0.25, 0.3) is 10.8 Å². The molecule has 16 heavy (non-hydrogen) atoms. The summed E-state index contributed by atoms with van der Waals surface area (Å²) in [7, 11) is 0. The van der Waals surface area contributed by atoms with Crippen LogP contribution in [-0.4, -0.2) is 23.3 Å². The van der Waals surface area contributed by atoms with E-state index < -0.39 is 0 Å². The van der Waals surface area contributed by atoms with Gasteiger partial charge in [-0.1, -0.05) is 24.3 Å². The zero-order valence-corrected chi connectivity index (χ0v) is 9.37. The number of pyridine rings is 1. The molecule has 1 N–H and O–H groups in total. The van der Waals surface area contributed by atoms with Gasteiger partial charge < -0.3 is 5.32 Å². The predicted molar refractivity (Wildman–Crippen MR) is 64.8 cm³/mol. The highest BCUT2D eigenvalue weighted by Crippen LogP contribution is 2.15. The number of hydrogen-bond acceptors (Lipinski definition) is 2. The molecule has 3 nitrogen and oxygen atoms in total. The molecule has 0 fully saturated rings. The molecule has 0 unspecified atom stereocenters. The lowest BCUT2D eigenvalue weighted by Crippen LogP contribution is -2.26. The van der Waals surface area contributed by atoms with Gasteiger partial charge in [-0.15, -0.1) is 11.6 Å². The Labute approximate surface area is 98.4 Å². The second-order valence-electron chi connectivity index (χ2n) is 3.33. The molecular weight excluding hydrogens is 224 g/mol. The molecule has 1 amide bonds. The van der Waals surface area contributed by atoms with E-state index in [1.165, 1.54) is 0 Å². The van der Waals surface area contributed by atoms with Gasteiger partial charge in [-0.25, -0.2) is 0 Å². The molecule has 4 heteroatoms. The minimum Gasteiger partial charge on any atom is -0.349 e. The molecule has 0 atom stereocenters. The topological polar surface area (TPSA) is 42.0 Å². The lowest BCUT2D eigenvalue weighted by atomic mass is 10.1. The van der Waals surface area contributed by atoms with Crippen LogP contribution in [0.1, 0.15) is 10.5 Å². The van der Waals surface area contributed by atoms with Gasteiger partial charge in [0.25, 0.3) is 5.91 Å². The van der Waals surface area contributed by atoms with E-state index in [2.05, 4.69) is 10.3 Å². The molecule has 0 radical (unpaired) electrons. The molecule has 0 aliphatic rings. The number of benzene rings is 1. The van der Waals surface area contributed by atoms with Crippen LogP contribution in [0.5, 0.6) is 0 Å². The first-order valence-corrected chi connectivity index (χ1v) is 5.54. The summed E-state index contributed by atoms with van der Waals surface area (Å²) in [6, 6.07) is 9.55. The fourth-order valence-corrected chi connectivity index (χ4v) is 1.64. The van der Waals surface area contributed by atoms with Gasteiger partial charge >= 0.3 is 0 Å². The third-order valence-corrected chi connectivity index (χ3v) is 2.46. The normalized spacial score (nSPS) is 10.3. The minimum atomic E-state index is -0.183. The Kier molecular flexibility index (Phi) is 3.37. The molecule has 0 saturated heterocycles. The smallest absolute Gasteiger partial charge is 0.270 e. The molecule has 0 spiro atoms. The van der Waals surface area contributed by atoms with Crippen LogP contribution >= 0.6 is 11.6 Å². The monoisotopic (exact) mass is 234 g/mol. The molecule has 2 rings (SSSR count). The van der Waals surface area contributed by atoms with E-state index in [1.807, 2.05) is 30.3 Å². The van der Waals surface area contributed by atoms with Gasteiger partial charge in [-0.05, 0) is 11.5 Å². The predicted octanol–water partition coefficient (Wildman–Crippen LogP) is 2.20. The molecule has 0 aliphatic heterocycles. The van der Waals surface area contributed by atoms with Crippen molar-refractivity contribution in [1.82, 2.24) is 10.3 Å². The van der Waals surface area contributed by atoms with Crippen molar-refractivity contribution in [1.29, 1.82) is 0 Å². The minimum absolute atomic E-state index is 0.183. The van der Waals surface area contributed by atoms with Crippen LogP contribution in [0.15, 0.2) is 36.5 Å². The van der Waals surface area contributed by atoms with Gasteiger partial charge in [0.05, 0.1) is 0 Å². The first-order chi connectivity index (χ1) is 7.83. The van der Waals surface area contributed by atoms with E-state index in [-0.39, 0.29) is 5.91 Å². The van der Waals surface area contributed by atoms with E-state index in [0.29, 0.717) is 18.1 Å². The van der Waals surface area contributed by atoms with Crippen LogP contribution in [0.3, 0.4) is 0 Å². The van der Waals surface area contributed by atoms with Gasteiger partial charge in [0, 0.05) is 24.0 Å². The Balaban J connectivity index is 2.40. The average Bonchev–Trinajstić information content (AvgIpc) is 2.35. The summed E-state index contributed by atoms with van der Waals surface area (Å²) in [6.45, 7) is 0.450. The number of rotatable bonds is 3. The summed E-state index contributed by atoms with van der Waals surface area (Å²) in [5, 5.41) is 4.57. The Hall–Kier alpha value is -1.61. The quantitative estimate of drug-likeness (QED) is 0.828. The summed E-state index contributed by atoms with van der Waals surface area (Å²) in [6.07, 6.45) is 1.64. The average molecular weight is 235 g/mol. The third-order valence-electron chi connectivity index (χ3n) is 2.27. The fraction of sp³-hybridized carbons (Fsp3) is 0.167. The Morgan fingerprint density at radius 3 is 2.94 bits per heavy atom. The molecule has 0 aliphatic carbocycles. The van der Waals surface area contributed by atoms with Crippen LogP contribution in [0.4, 0.5) is 0 Å². The number of alkyl halides is 1. The second kappa shape index (κ2) is 4.94. The van der Waals surface area contributed by atoms with Gasteiger partial charge in [-0.3, -0.25) is 9.78 Å². The van der Waals surface area contributed by atoms with Gasteiger partial charge in [0.1, 0.15) is 5.69 Å². The van der Waals surface area contributed by atoms with E-state index >= 15 is 0 Å². The fourth-order valence-electron chi connectivity index (χ4n) is 1.55. The highest BCUT2D eigenvalue weighted by Gasteiger charge is 2.09. The van der Waals surface area contributed by atoms with Crippen molar-refractivity contribution < 1.29 is 4.79 Å². The van der Waals surface area contributed by atoms with E-state index in [1.54, 1.807) is 6.20 Å². The molecule has 0 bridgehead atoms. The summed E-state index contributed by atoms with van der Waals surface area (Å²) in [4.78, 5) is 15.9. The summed E-state index contributed by atoms with van der Waals surface area (Å²) in [5.41, 5.74) is 0.447. The van der Waals surface area contributed by atoms with E-state index in [4.69, 9.17) is 11.6 Å². The number of nitrogens with one attached hydrogen (secondary N) is 1. The van der Waals surface area contributed by atoms with Crippen LogP contribution in [-0.2, 0) is 0 Å². The first kappa shape index (κ1) is 10.9. The number of nitrogens with zero attached hydrogens (tertiary/aromatic N) is 1. The SMILES string of the molecule is O=C(NCCCl)c1nccc2ccccc12. The van der Waals surface area contributed by atoms with Crippen LogP contribution in [0, 0.1) is 0 Å². The molecule has 1 aromatic carbocycles. The standard InChI is InChI=1S/C12H11ClN2O/c13-6-8-15-12(16)11-10-4-2-1-3-9(10)5-7-14-11/h1-5,7H,6,8H2,(H,15,16). The largest absolute Gasteiger partial charge is 0.349 e. The lowest BCUT2D eigenvalue weighted by Gasteiger charge is -2.05. The number of carbonyl (C=O) groups is 1. The number of aromatic nitrogens is 1. The number of carbonyl (C=O) groups excluding carboxylic acids is 1. The first-order valence-electron chi connectivity index (χ1n) is 5.01. The third kappa shape index (κ3) is 2.14. The number of amides is 1. The van der Waals surface area contributed by atoms with E-state index in [9.17, 15) is 4.79 Å². The van der Waals surface area contributed by atoms with Crippen molar-refractivity contribution in [2.24, 2.45) is 0 Å². The molecule has 82 valence electrons. The molecule has 1 aromatic heterocycles. The molecule has 0 saturated carbocycles. The highest BCUT2D eigenvalue weighted by atomic mass is 35.5.